The topological polar surface area (TPSA) is 0 Å². The molecule has 0 fully saturated rings. The van der Waals surface area contributed by atoms with E-state index >= 15 is 0 Å². The van der Waals surface area contributed by atoms with Crippen LogP contribution in [0.5, 0.6) is 0 Å². The summed E-state index contributed by atoms with van der Waals surface area (Å²) < 4.78 is 0.332. The van der Waals surface area contributed by atoms with Gasteiger partial charge in [-0.3, -0.25) is 0 Å². The van der Waals surface area contributed by atoms with Gasteiger partial charge in [-0.05, 0) is 36.1 Å². The predicted octanol–water partition coefficient (Wildman–Crippen LogP) is 5.41. The minimum atomic E-state index is 0.236. The van der Waals surface area contributed by atoms with Crippen molar-refractivity contribution in [3.05, 3.63) is 34.9 Å². The molecule has 0 aliphatic rings. The van der Waals surface area contributed by atoms with Gasteiger partial charge in [0.15, 0.2) is 0 Å². The highest BCUT2D eigenvalue weighted by Gasteiger charge is 2.16. The minimum absolute atomic E-state index is 0.236. The smallest absolute Gasteiger partial charge is 0.0437 e. The third-order valence-electron chi connectivity index (χ3n) is 3.22. The summed E-state index contributed by atoms with van der Waals surface area (Å²) in [6.07, 6.45) is 2.26. The van der Waals surface area contributed by atoms with Crippen molar-refractivity contribution < 1.29 is 0 Å². The van der Waals surface area contributed by atoms with Crippen LogP contribution in [0.3, 0.4) is 0 Å². The molecule has 0 bridgehead atoms. The number of hydrogen-bond donors (Lipinski definition) is 0. The van der Waals surface area contributed by atoms with Crippen LogP contribution in [-0.2, 0) is 6.42 Å². The van der Waals surface area contributed by atoms with E-state index in [9.17, 15) is 0 Å². The van der Waals surface area contributed by atoms with Gasteiger partial charge in [0.05, 0.1) is 0 Å². The summed E-state index contributed by atoms with van der Waals surface area (Å²) >= 11 is 6.18. The zero-order valence-electron chi connectivity index (χ0n) is 12.0. The Morgan fingerprint density at radius 2 is 1.89 bits per heavy atom. The van der Waals surface area contributed by atoms with E-state index in [-0.39, 0.29) is 10.5 Å². The molecule has 102 valence electrons. The van der Waals surface area contributed by atoms with E-state index in [1.54, 1.807) is 0 Å². The van der Waals surface area contributed by atoms with Gasteiger partial charge in [-0.1, -0.05) is 63.4 Å². The molecule has 1 unspecified atom stereocenters. The maximum atomic E-state index is 6.18. The van der Waals surface area contributed by atoms with Crippen LogP contribution < -0.4 is 0 Å². The Morgan fingerprint density at radius 1 is 1.28 bits per heavy atom. The molecule has 0 saturated carbocycles. The number of halogens is 1. The SMILES string of the molecule is C=S(C[C@@H](C)CCc1ccccc1Cl)C(C)(C)C. The summed E-state index contributed by atoms with van der Waals surface area (Å²) in [5.74, 6) is 6.25. The molecule has 0 nitrogen and oxygen atoms in total. The van der Waals surface area contributed by atoms with E-state index in [2.05, 4.69) is 45.7 Å². The fourth-order valence-electron chi connectivity index (χ4n) is 1.78. The van der Waals surface area contributed by atoms with Crippen LogP contribution in [0.4, 0.5) is 0 Å². The van der Waals surface area contributed by atoms with Crippen molar-refractivity contribution in [3.63, 3.8) is 0 Å². The highest BCUT2D eigenvalue weighted by atomic mass is 35.5. The molecule has 1 aromatic carbocycles. The van der Waals surface area contributed by atoms with Crippen LogP contribution in [0.15, 0.2) is 24.3 Å². The van der Waals surface area contributed by atoms with Gasteiger partial charge in [-0.2, -0.15) is 10.5 Å². The number of hydrogen-bond acceptors (Lipinski definition) is 0. The summed E-state index contributed by atoms with van der Waals surface area (Å²) in [6.45, 7) is 9.17. The molecule has 0 N–H and O–H groups in total. The first-order valence-electron chi connectivity index (χ1n) is 6.55. The van der Waals surface area contributed by atoms with Crippen molar-refractivity contribution in [2.45, 2.75) is 45.3 Å². The highest BCUT2D eigenvalue weighted by Crippen LogP contribution is 2.32. The molecule has 0 spiro atoms. The Balaban J connectivity index is 2.45. The molecular formula is C16H25ClS. The molecule has 18 heavy (non-hydrogen) atoms. The summed E-state index contributed by atoms with van der Waals surface area (Å²) in [6, 6.07) is 8.15. The van der Waals surface area contributed by atoms with Gasteiger partial charge in [0, 0.05) is 9.77 Å². The Labute approximate surface area is 120 Å². The Morgan fingerprint density at radius 3 is 2.44 bits per heavy atom. The summed E-state index contributed by atoms with van der Waals surface area (Å²) in [7, 11) is 0.236. The molecule has 0 radical (unpaired) electrons. The number of rotatable bonds is 5. The van der Waals surface area contributed by atoms with E-state index < -0.39 is 0 Å². The maximum Gasteiger partial charge on any atom is 0.0437 e. The van der Waals surface area contributed by atoms with Crippen LogP contribution in [0.1, 0.15) is 39.7 Å². The quantitative estimate of drug-likeness (QED) is 0.634. The molecule has 0 heterocycles. The van der Waals surface area contributed by atoms with Gasteiger partial charge in [0.2, 0.25) is 0 Å². The van der Waals surface area contributed by atoms with Gasteiger partial charge in [-0.25, -0.2) is 0 Å². The average Bonchev–Trinajstić information content (AvgIpc) is 2.26. The fraction of sp³-hybridized carbons (Fsp3) is 0.562. The van der Waals surface area contributed by atoms with Crippen molar-refractivity contribution in [2.24, 2.45) is 5.92 Å². The first-order valence-corrected chi connectivity index (χ1v) is 8.49. The van der Waals surface area contributed by atoms with Gasteiger partial charge in [-0.15, -0.1) is 0 Å². The molecular weight excluding hydrogens is 260 g/mol. The van der Waals surface area contributed by atoms with Gasteiger partial charge < -0.3 is 0 Å². The van der Waals surface area contributed by atoms with E-state index in [1.807, 2.05) is 12.1 Å². The lowest BCUT2D eigenvalue weighted by Crippen LogP contribution is -2.15. The second-order valence-corrected chi connectivity index (χ2v) is 8.96. The monoisotopic (exact) mass is 284 g/mol. The molecule has 1 rings (SSSR count). The average molecular weight is 285 g/mol. The second kappa shape index (κ2) is 6.77. The predicted molar refractivity (Wildman–Crippen MR) is 88.3 cm³/mol. The maximum absolute atomic E-state index is 6.18. The lowest BCUT2D eigenvalue weighted by Gasteiger charge is -2.26. The first-order chi connectivity index (χ1) is 8.30. The Kier molecular flexibility index (Phi) is 5.94. The summed E-state index contributed by atoms with van der Waals surface area (Å²) in [4.78, 5) is 0. The lowest BCUT2D eigenvalue weighted by atomic mass is 10.0. The fourth-order valence-corrected chi connectivity index (χ4v) is 3.36. The number of aryl methyl sites for hydroxylation is 1. The molecule has 1 aromatic rings. The van der Waals surface area contributed by atoms with Crippen molar-refractivity contribution in [1.82, 2.24) is 0 Å². The Hall–Kier alpha value is -0.270. The van der Waals surface area contributed by atoms with Gasteiger partial charge >= 0.3 is 0 Å². The van der Waals surface area contributed by atoms with Gasteiger partial charge in [0.1, 0.15) is 0 Å². The van der Waals surface area contributed by atoms with E-state index in [0.717, 1.165) is 11.4 Å². The number of benzene rings is 1. The molecule has 0 saturated heterocycles. The van der Waals surface area contributed by atoms with Crippen molar-refractivity contribution in [1.29, 1.82) is 0 Å². The third-order valence-corrected chi connectivity index (χ3v) is 6.29. The normalized spacial score (nSPS) is 15.4. The van der Waals surface area contributed by atoms with Crippen LogP contribution in [0.2, 0.25) is 5.02 Å². The third kappa shape index (κ3) is 5.16. The molecule has 0 aromatic heterocycles. The van der Waals surface area contributed by atoms with Crippen molar-refractivity contribution >= 4 is 28.0 Å². The van der Waals surface area contributed by atoms with Crippen molar-refractivity contribution in [3.8, 4) is 0 Å². The van der Waals surface area contributed by atoms with Crippen LogP contribution >= 0.6 is 22.1 Å². The van der Waals surface area contributed by atoms with E-state index in [4.69, 9.17) is 11.6 Å². The van der Waals surface area contributed by atoms with E-state index in [1.165, 1.54) is 17.7 Å². The molecule has 0 aliphatic carbocycles. The van der Waals surface area contributed by atoms with E-state index in [0.29, 0.717) is 10.7 Å². The van der Waals surface area contributed by atoms with Crippen molar-refractivity contribution in [2.75, 3.05) is 5.75 Å². The first kappa shape index (κ1) is 15.8. The largest absolute Gasteiger partial charge is 0.187 e. The standard InChI is InChI=1S/C16H25ClS/c1-13(12-18(5)16(2,3)4)10-11-14-8-6-7-9-15(14)17/h6-9,13H,5,10-12H2,1-4H3/t13-,18?/m0/s1. The molecule has 2 heteroatoms. The Bertz CT molecular complexity index is 404. The summed E-state index contributed by atoms with van der Waals surface area (Å²) in [5.41, 5.74) is 1.27. The van der Waals surface area contributed by atoms with Crippen LogP contribution in [0, 0.1) is 5.92 Å². The molecule has 0 aliphatic heterocycles. The zero-order valence-corrected chi connectivity index (χ0v) is 13.6. The highest BCUT2D eigenvalue weighted by molar-refractivity contribution is 8.15. The molecule has 2 atom stereocenters. The zero-order chi connectivity index (χ0) is 13.8. The molecule has 0 amide bonds. The lowest BCUT2D eigenvalue weighted by molar-refractivity contribution is 0.592. The second-order valence-electron chi connectivity index (χ2n) is 6.01. The van der Waals surface area contributed by atoms with Crippen LogP contribution in [0.25, 0.3) is 0 Å². The van der Waals surface area contributed by atoms with Crippen LogP contribution in [-0.4, -0.2) is 16.4 Å². The summed E-state index contributed by atoms with van der Waals surface area (Å²) in [5, 5.41) is 0.897. The van der Waals surface area contributed by atoms with Gasteiger partial charge in [0.25, 0.3) is 0 Å². The minimum Gasteiger partial charge on any atom is -0.187 e.